The minimum atomic E-state index is -2.79. The van der Waals surface area contributed by atoms with Gasteiger partial charge in [0.1, 0.15) is 5.54 Å². The van der Waals surface area contributed by atoms with E-state index < -0.39 is 25.6 Å². The van der Waals surface area contributed by atoms with Crippen LogP contribution < -0.4 is 20.0 Å². The third-order valence-electron chi connectivity index (χ3n) is 10.9. The first-order valence-electron chi connectivity index (χ1n) is 16.6. The third kappa shape index (κ3) is 5.12. The van der Waals surface area contributed by atoms with Gasteiger partial charge in [0.2, 0.25) is 0 Å². The van der Waals surface area contributed by atoms with Crippen LogP contribution in [0.25, 0.3) is 0 Å². The molecule has 4 aliphatic heterocycles. The van der Waals surface area contributed by atoms with Gasteiger partial charge in [0.05, 0.1) is 25.0 Å². The maximum Gasteiger partial charge on any atom is 0.264 e. The molecule has 0 saturated carbocycles. The number of para-hydroxylation sites is 1. The molecular weight excluding hydrogens is 632 g/mol. The van der Waals surface area contributed by atoms with Crippen LogP contribution in [-0.4, -0.2) is 68.0 Å². The van der Waals surface area contributed by atoms with E-state index in [0.717, 1.165) is 48.6 Å². The van der Waals surface area contributed by atoms with Crippen LogP contribution in [0.2, 0.25) is 23.7 Å². The van der Waals surface area contributed by atoms with Gasteiger partial charge in [-0.25, -0.2) is 0 Å². The smallest absolute Gasteiger partial charge is 0.264 e. The number of nitrogens with zero attached hydrogens (tertiary/aromatic N) is 3. The Morgan fingerprint density at radius 3 is 2.34 bits per heavy atom. The molecule has 2 spiro atoms. The fourth-order valence-electron chi connectivity index (χ4n) is 8.74. The van der Waals surface area contributed by atoms with E-state index in [1.807, 2.05) is 79.5 Å². The number of ether oxygens (including phenoxy) is 1. The van der Waals surface area contributed by atoms with E-state index in [1.54, 1.807) is 11.0 Å². The van der Waals surface area contributed by atoms with Crippen molar-refractivity contribution in [1.29, 1.82) is 0 Å². The van der Waals surface area contributed by atoms with Crippen molar-refractivity contribution in [3.8, 4) is 0 Å². The van der Waals surface area contributed by atoms with Crippen molar-refractivity contribution < 1.29 is 24.2 Å². The fraction of sp³-hybridized carbons (Fsp3) is 0.444. The zero-order chi connectivity index (χ0) is 33.1. The molecule has 4 atom stereocenters. The van der Waals surface area contributed by atoms with Gasteiger partial charge in [-0.05, 0) is 93.5 Å². The Bertz CT molecular complexity index is 1660. The van der Waals surface area contributed by atoms with E-state index in [0.29, 0.717) is 30.2 Å². The molecule has 7 rings (SSSR count). The highest BCUT2D eigenvalue weighted by Crippen LogP contribution is 2.60. The van der Waals surface area contributed by atoms with Crippen molar-refractivity contribution in [2.75, 3.05) is 41.1 Å². The molecule has 248 valence electrons. The van der Waals surface area contributed by atoms with Crippen molar-refractivity contribution in [3.63, 3.8) is 0 Å². The van der Waals surface area contributed by atoms with Gasteiger partial charge < -0.3 is 29.8 Å². The quantitative estimate of drug-likeness (QED) is 0.303. The molecule has 9 nitrogen and oxygen atoms in total. The highest BCUT2D eigenvalue weighted by atomic mass is 35.5. The topological polar surface area (TPSA) is 106 Å². The molecule has 0 radical (unpaired) electrons. The van der Waals surface area contributed by atoms with E-state index in [9.17, 15) is 19.5 Å². The van der Waals surface area contributed by atoms with Crippen LogP contribution >= 0.6 is 11.6 Å². The van der Waals surface area contributed by atoms with Gasteiger partial charge in [0.15, 0.2) is 13.9 Å². The molecule has 0 bridgehead atoms. The summed E-state index contributed by atoms with van der Waals surface area (Å²) in [5.41, 5.74) is 2.09. The van der Waals surface area contributed by atoms with Crippen LogP contribution in [0.5, 0.6) is 0 Å². The number of hydrogen-bond donors (Lipinski definition) is 3. The van der Waals surface area contributed by atoms with Gasteiger partial charge in [-0.2, -0.15) is 0 Å². The van der Waals surface area contributed by atoms with Crippen LogP contribution in [0.3, 0.4) is 0 Å². The molecule has 2 amide bonds. The molecule has 11 heteroatoms. The number of fused-ring (bicyclic) bond motifs is 2. The molecular formula is C36H43ClN4O5Si. The average molecular weight is 675 g/mol. The van der Waals surface area contributed by atoms with Crippen LogP contribution in [0, 0.1) is 5.92 Å². The summed E-state index contributed by atoms with van der Waals surface area (Å²) in [6.07, 6.45) is 1.38. The lowest BCUT2D eigenvalue weighted by Gasteiger charge is -2.39. The van der Waals surface area contributed by atoms with Crippen molar-refractivity contribution in [3.05, 3.63) is 88.9 Å². The van der Waals surface area contributed by atoms with Crippen molar-refractivity contribution in [2.45, 2.75) is 68.6 Å². The maximum atomic E-state index is 14.6. The lowest BCUT2D eigenvalue weighted by atomic mass is 9.82. The van der Waals surface area contributed by atoms with E-state index in [2.05, 4.69) is 22.3 Å². The number of benzene rings is 3. The molecule has 0 aliphatic carbocycles. The van der Waals surface area contributed by atoms with Gasteiger partial charge in [-0.15, -0.1) is 0 Å². The fourth-order valence-corrected chi connectivity index (χ4v) is 11.5. The summed E-state index contributed by atoms with van der Waals surface area (Å²) in [4.78, 5) is 45.9. The third-order valence-corrected chi connectivity index (χ3v) is 13.6. The number of aliphatic hydroxyl groups excluding tert-OH is 1. The van der Waals surface area contributed by atoms with Crippen molar-refractivity contribution in [1.82, 2.24) is 5.32 Å². The second kappa shape index (κ2) is 12.0. The summed E-state index contributed by atoms with van der Waals surface area (Å²) in [5.74, 6) is -0.386. The summed E-state index contributed by atoms with van der Waals surface area (Å²) >= 11 is 6.50. The Labute approximate surface area is 282 Å². The Balaban J connectivity index is 1.18. The van der Waals surface area contributed by atoms with E-state index in [-0.39, 0.29) is 29.9 Å². The van der Waals surface area contributed by atoms with Gasteiger partial charge in [-0.3, -0.25) is 14.5 Å². The van der Waals surface area contributed by atoms with Gasteiger partial charge in [-0.1, -0.05) is 48.9 Å². The molecule has 0 aromatic heterocycles. The van der Waals surface area contributed by atoms with Gasteiger partial charge >= 0.3 is 0 Å². The number of carbonyl (C=O) groups is 2. The summed E-state index contributed by atoms with van der Waals surface area (Å²) in [7, 11) is -2.79. The summed E-state index contributed by atoms with van der Waals surface area (Å²) in [5, 5.41) is 13.8. The molecule has 47 heavy (non-hydrogen) atoms. The zero-order valence-corrected chi connectivity index (χ0v) is 28.9. The minimum Gasteiger partial charge on any atom is -0.432 e. The van der Waals surface area contributed by atoms with Crippen molar-refractivity contribution >= 4 is 48.8 Å². The number of hydrogen-bond acceptors (Lipinski definition) is 7. The van der Waals surface area contributed by atoms with E-state index in [4.69, 9.17) is 16.3 Å². The SMILES string of the molecule is C[C@@H]1[C@@H]([Si](C)(C)O)[C@H](CCO)O[C@@]12C(=O)N(Cc1ccc(N3CN(c4ccccc4)C4(CCNCC4)C3=O)cc1)c1ccc(Cl)cc12. The van der Waals surface area contributed by atoms with Crippen LogP contribution in [-0.2, 0) is 26.5 Å². The molecule has 3 aromatic rings. The molecule has 3 saturated heterocycles. The number of aliphatic hydroxyl groups is 1. The maximum absolute atomic E-state index is 14.6. The number of halogens is 1. The number of amides is 2. The number of piperidine rings is 1. The predicted molar refractivity (Wildman–Crippen MR) is 186 cm³/mol. The normalized spacial score (nSPS) is 27.0. The molecule has 3 aromatic carbocycles. The monoisotopic (exact) mass is 674 g/mol. The van der Waals surface area contributed by atoms with E-state index >= 15 is 0 Å². The Kier molecular flexibility index (Phi) is 8.26. The number of carbonyl (C=O) groups excluding carboxylic acids is 2. The van der Waals surface area contributed by atoms with Gasteiger partial charge in [0.25, 0.3) is 11.8 Å². The first kappa shape index (κ1) is 32.3. The van der Waals surface area contributed by atoms with Crippen LogP contribution in [0.1, 0.15) is 37.3 Å². The molecule has 4 heterocycles. The van der Waals surface area contributed by atoms with E-state index in [1.165, 1.54) is 0 Å². The Hall–Kier alpha value is -3.25. The first-order chi connectivity index (χ1) is 22.5. The lowest BCUT2D eigenvalue weighted by Crippen LogP contribution is -2.55. The first-order valence-corrected chi connectivity index (χ1v) is 20.0. The summed E-state index contributed by atoms with van der Waals surface area (Å²) in [6, 6.07) is 23.5. The Morgan fingerprint density at radius 2 is 1.68 bits per heavy atom. The average Bonchev–Trinajstić information content (AvgIpc) is 3.60. The predicted octanol–water partition coefficient (Wildman–Crippen LogP) is 5.00. The second-order valence-electron chi connectivity index (χ2n) is 14.0. The molecule has 3 fully saturated rings. The molecule has 3 N–H and O–H groups in total. The number of nitrogens with one attached hydrogen (secondary N) is 1. The molecule has 4 aliphatic rings. The second-order valence-corrected chi connectivity index (χ2v) is 18.4. The van der Waals surface area contributed by atoms with Crippen molar-refractivity contribution in [2.24, 2.45) is 5.92 Å². The molecule has 0 unspecified atom stereocenters. The summed E-state index contributed by atoms with van der Waals surface area (Å²) < 4.78 is 6.67. The standard InChI is InChI=1S/C36H43ClN4O5Si/c1-24-32(47(2,3)45)31(15-20-42)46-36(24)29-21-26(37)11-14-30(29)39(34(36)44)22-25-9-12-27(13-10-25)40-23-41(28-7-5-4-6-8-28)35(33(40)43)16-18-38-19-17-35/h4-14,21,24,31-32,38,42,45H,15-20,22-23H2,1-3H3/t24-,31+,32-,36+/m1/s1. The largest absolute Gasteiger partial charge is 0.432 e. The number of anilines is 3. The minimum absolute atomic E-state index is 0.0955. The van der Waals surface area contributed by atoms with Crippen LogP contribution in [0.4, 0.5) is 17.1 Å². The summed E-state index contributed by atoms with van der Waals surface area (Å²) in [6.45, 7) is 7.99. The highest BCUT2D eigenvalue weighted by molar-refractivity contribution is 6.71. The zero-order valence-electron chi connectivity index (χ0n) is 27.2. The lowest BCUT2D eigenvalue weighted by molar-refractivity contribution is -0.146. The van der Waals surface area contributed by atoms with Gasteiger partial charge in [0, 0.05) is 40.0 Å². The highest BCUT2D eigenvalue weighted by Gasteiger charge is 2.66. The number of rotatable bonds is 7. The van der Waals surface area contributed by atoms with Crippen LogP contribution in [0.15, 0.2) is 72.8 Å². The Morgan fingerprint density at radius 1 is 0.979 bits per heavy atom.